The Morgan fingerprint density at radius 1 is 1.40 bits per heavy atom. The number of carbonyl (C=O) groups excluding carboxylic acids is 1. The van der Waals surface area contributed by atoms with E-state index in [4.69, 9.17) is 9.84 Å². The van der Waals surface area contributed by atoms with E-state index in [1.807, 2.05) is 0 Å². The van der Waals surface area contributed by atoms with Crippen molar-refractivity contribution in [1.82, 2.24) is 5.32 Å². The second-order valence-corrected chi connectivity index (χ2v) is 4.78. The van der Waals surface area contributed by atoms with Gasteiger partial charge in [-0.25, -0.2) is 4.79 Å². The van der Waals surface area contributed by atoms with Crippen molar-refractivity contribution in [3.8, 4) is 0 Å². The van der Waals surface area contributed by atoms with Crippen molar-refractivity contribution in [2.24, 2.45) is 0 Å². The van der Waals surface area contributed by atoms with E-state index in [1.54, 1.807) is 24.3 Å². The lowest BCUT2D eigenvalue weighted by Gasteiger charge is -2.23. The number of benzene rings is 1. The lowest BCUT2D eigenvalue weighted by atomic mass is 10.1. The monoisotopic (exact) mass is 278 g/mol. The molecule has 2 amide bonds. The first-order chi connectivity index (χ1) is 9.63. The van der Waals surface area contributed by atoms with Gasteiger partial charge in [-0.05, 0) is 30.5 Å². The highest BCUT2D eigenvalue weighted by Gasteiger charge is 2.16. The van der Waals surface area contributed by atoms with Crippen molar-refractivity contribution in [2.75, 3.05) is 18.5 Å². The predicted octanol–water partition coefficient (Wildman–Crippen LogP) is 1.61. The molecule has 1 aromatic rings. The van der Waals surface area contributed by atoms with E-state index in [-0.39, 0.29) is 18.5 Å². The maximum absolute atomic E-state index is 11.8. The summed E-state index contributed by atoms with van der Waals surface area (Å²) in [7, 11) is 0. The third kappa shape index (κ3) is 4.55. The van der Waals surface area contributed by atoms with Crippen LogP contribution in [-0.4, -0.2) is 36.4 Å². The van der Waals surface area contributed by atoms with E-state index >= 15 is 0 Å². The fraction of sp³-hybridized carbons (Fsp3) is 0.429. The maximum atomic E-state index is 11.8. The number of nitrogens with one attached hydrogen (secondary N) is 2. The van der Waals surface area contributed by atoms with E-state index in [9.17, 15) is 9.59 Å². The highest BCUT2D eigenvalue weighted by atomic mass is 16.5. The van der Waals surface area contributed by atoms with Crippen LogP contribution < -0.4 is 10.6 Å². The standard InChI is InChI=1S/C14H18N2O4/c17-13(18)8-10-3-1-4-11(7-10)15-14(19)16-12-5-2-6-20-9-12/h1,3-4,7,12H,2,5-6,8-9H2,(H,17,18)(H2,15,16,19). The highest BCUT2D eigenvalue weighted by molar-refractivity contribution is 5.89. The molecule has 0 spiro atoms. The number of hydrogen-bond acceptors (Lipinski definition) is 3. The molecule has 3 N–H and O–H groups in total. The second kappa shape index (κ2) is 6.91. The van der Waals surface area contributed by atoms with Gasteiger partial charge in [0.25, 0.3) is 0 Å². The van der Waals surface area contributed by atoms with Crippen molar-refractivity contribution in [3.05, 3.63) is 29.8 Å². The normalized spacial score (nSPS) is 18.3. The van der Waals surface area contributed by atoms with E-state index < -0.39 is 5.97 Å². The van der Waals surface area contributed by atoms with Crippen molar-refractivity contribution >= 4 is 17.7 Å². The van der Waals surface area contributed by atoms with Gasteiger partial charge in [-0.1, -0.05) is 12.1 Å². The van der Waals surface area contributed by atoms with Crippen molar-refractivity contribution in [2.45, 2.75) is 25.3 Å². The number of amides is 2. The van der Waals surface area contributed by atoms with Gasteiger partial charge in [-0.3, -0.25) is 4.79 Å². The summed E-state index contributed by atoms with van der Waals surface area (Å²) in [6.07, 6.45) is 1.79. The molecule has 1 unspecified atom stereocenters. The number of carboxylic acids is 1. The zero-order valence-corrected chi connectivity index (χ0v) is 11.1. The van der Waals surface area contributed by atoms with Crippen LogP contribution in [0.25, 0.3) is 0 Å². The minimum atomic E-state index is -0.897. The Kier molecular flexibility index (Phi) is 4.95. The Labute approximate surface area is 117 Å². The lowest BCUT2D eigenvalue weighted by molar-refractivity contribution is -0.136. The molecule has 1 aliphatic rings. The fourth-order valence-electron chi connectivity index (χ4n) is 2.14. The quantitative estimate of drug-likeness (QED) is 0.781. The Morgan fingerprint density at radius 3 is 2.95 bits per heavy atom. The van der Waals surface area contributed by atoms with Crippen molar-refractivity contribution in [3.63, 3.8) is 0 Å². The summed E-state index contributed by atoms with van der Waals surface area (Å²) in [5.41, 5.74) is 1.23. The van der Waals surface area contributed by atoms with E-state index in [1.165, 1.54) is 0 Å². The van der Waals surface area contributed by atoms with Crippen molar-refractivity contribution in [1.29, 1.82) is 0 Å². The summed E-state index contributed by atoms with van der Waals surface area (Å²) in [4.78, 5) is 22.5. The summed E-state index contributed by atoms with van der Waals surface area (Å²) in [5, 5.41) is 14.3. The number of hydrogen-bond donors (Lipinski definition) is 3. The minimum Gasteiger partial charge on any atom is -0.481 e. The molecule has 20 heavy (non-hydrogen) atoms. The van der Waals surface area contributed by atoms with Gasteiger partial charge < -0.3 is 20.5 Å². The van der Waals surface area contributed by atoms with Gasteiger partial charge in [0.15, 0.2) is 0 Å². The third-order valence-electron chi connectivity index (χ3n) is 3.04. The van der Waals surface area contributed by atoms with Crippen LogP contribution in [0.2, 0.25) is 0 Å². The maximum Gasteiger partial charge on any atom is 0.319 e. The van der Waals surface area contributed by atoms with Crippen LogP contribution in [0.1, 0.15) is 18.4 Å². The van der Waals surface area contributed by atoms with Crippen LogP contribution in [0.5, 0.6) is 0 Å². The molecule has 0 aromatic heterocycles. The molecule has 1 fully saturated rings. The number of carboxylic acid groups (broad SMARTS) is 1. The minimum absolute atomic E-state index is 0.0333. The molecule has 1 aliphatic heterocycles. The van der Waals surface area contributed by atoms with E-state index in [2.05, 4.69) is 10.6 Å². The van der Waals surface area contributed by atoms with Gasteiger partial charge >= 0.3 is 12.0 Å². The second-order valence-electron chi connectivity index (χ2n) is 4.78. The summed E-state index contributed by atoms with van der Waals surface area (Å²) in [6.45, 7) is 1.28. The number of carbonyl (C=O) groups is 2. The fourth-order valence-corrected chi connectivity index (χ4v) is 2.14. The van der Waals surface area contributed by atoms with Gasteiger partial charge in [0, 0.05) is 12.3 Å². The van der Waals surface area contributed by atoms with Gasteiger partial charge in [0.1, 0.15) is 0 Å². The molecule has 0 saturated carbocycles. The molecule has 1 saturated heterocycles. The van der Waals surface area contributed by atoms with Crippen LogP contribution in [-0.2, 0) is 16.0 Å². The molecule has 1 aromatic carbocycles. The van der Waals surface area contributed by atoms with Crippen LogP contribution in [0.15, 0.2) is 24.3 Å². The summed E-state index contributed by atoms with van der Waals surface area (Å²) in [6, 6.07) is 6.55. The number of rotatable bonds is 4. The first kappa shape index (κ1) is 14.3. The zero-order valence-electron chi connectivity index (χ0n) is 11.1. The first-order valence-corrected chi connectivity index (χ1v) is 6.59. The smallest absolute Gasteiger partial charge is 0.319 e. The molecule has 2 rings (SSSR count). The van der Waals surface area contributed by atoms with Crippen LogP contribution in [0, 0.1) is 0 Å². The molecular weight excluding hydrogens is 260 g/mol. The Morgan fingerprint density at radius 2 is 2.25 bits per heavy atom. The zero-order chi connectivity index (χ0) is 14.4. The largest absolute Gasteiger partial charge is 0.481 e. The predicted molar refractivity (Wildman–Crippen MR) is 73.8 cm³/mol. The van der Waals surface area contributed by atoms with Crippen molar-refractivity contribution < 1.29 is 19.4 Å². The average Bonchev–Trinajstić information content (AvgIpc) is 2.39. The Balaban J connectivity index is 1.88. The molecule has 0 aliphatic carbocycles. The molecule has 1 heterocycles. The molecule has 108 valence electrons. The third-order valence-corrected chi connectivity index (χ3v) is 3.04. The SMILES string of the molecule is O=C(O)Cc1cccc(NC(=O)NC2CCCOC2)c1. The average molecular weight is 278 g/mol. The number of anilines is 1. The Hall–Kier alpha value is -2.08. The molecule has 6 heteroatoms. The van der Waals surface area contributed by atoms with Gasteiger partial charge in [0.05, 0.1) is 19.1 Å². The number of ether oxygens (including phenoxy) is 1. The molecule has 6 nitrogen and oxygen atoms in total. The molecular formula is C14H18N2O4. The molecule has 0 radical (unpaired) electrons. The van der Waals surface area contributed by atoms with Crippen LogP contribution in [0.4, 0.5) is 10.5 Å². The van der Waals surface area contributed by atoms with Crippen LogP contribution >= 0.6 is 0 Å². The Bertz CT molecular complexity index is 484. The lowest BCUT2D eigenvalue weighted by Crippen LogP contribution is -2.42. The summed E-state index contributed by atoms with van der Waals surface area (Å²) >= 11 is 0. The van der Waals surface area contributed by atoms with E-state index in [0.717, 1.165) is 19.4 Å². The first-order valence-electron chi connectivity index (χ1n) is 6.59. The van der Waals surface area contributed by atoms with Gasteiger partial charge in [0.2, 0.25) is 0 Å². The van der Waals surface area contributed by atoms with Gasteiger partial charge in [-0.15, -0.1) is 0 Å². The van der Waals surface area contributed by atoms with E-state index in [0.29, 0.717) is 17.9 Å². The van der Waals surface area contributed by atoms with Gasteiger partial charge in [-0.2, -0.15) is 0 Å². The summed E-state index contributed by atoms with van der Waals surface area (Å²) < 4.78 is 5.29. The van der Waals surface area contributed by atoms with Crippen LogP contribution in [0.3, 0.4) is 0 Å². The number of aliphatic carboxylic acids is 1. The number of urea groups is 1. The molecule has 0 bridgehead atoms. The molecule has 1 atom stereocenters. The topological polar surface area (TPSA) is 87.7 Å². The highest BCUT2D eigenvalue weighted by Crippen LogP contribution is 2.12. The summed E-state index contributed by atoms with van der Waals surface area (Å²) in [5.74, 6) is -0.897.